The van der Waals surface area contributed by atoms with Crippen LogP contribution in [0.1, 0.15) is 46.0 Å². The molecule has 0 aromatic heterocycles. The van der Waals surface area contributed by atoms with Crippen molar-refractivity contribution in [3.63, 3.8) is 0 Å². The van der Waals surface area contributed by atoms with E-state index in [0.717, 1.165) is 19.5 Å². The molecule has 1 heterocycles. The maximum absolute atomic E-state index is 11.7. The summed E-state index contributed by atoms with van der Waals surface area (Å²) in [4.78, 5) is 14.2. The van der Waals surface area contributed by atoms with Gasteiger partial charge in [0.2, 0.25) is 5.91 Å². The van der Waals surface area contributed by atoms with Crippen LogP contribution in [0, 0.1) is 5.92 Å². The Morgan fingerprint density at radius 3 is 2.39 bits per heavy atom. The van der Waals surface area contributed by atoms with Gasteiger partial charge in [0.15, 0.2) is 0 Å². The van der Waals surface area contributed by atoms with Crippen LogP contribution in [0.15, 0.2) is 0 Å². The van der Waals surface area contributed by atoms with Crippen molar-refractivity contribution in [2.45, 2.75) is 52.0 Å². The van der Waals surface area contributed by atoms with E-state index in [9.17, 15) is 4.79 Å². The summed E-state index contributed by atoms with van der Waals surface area (Å²) in [6.45, 7) is 8.21. The quantitative estimate of drug-likeness (QED) is 0.753. The zero-order chi connectivity index (χ0) is 13.4. The minimum absolute atomic E-state index is 0.00137. The summed E-state index contributed by atoms with van der Waals surface area (Å²) >= 11 is 0. The van der Waals surface area contributed by atoms with Gasteiger partial charge in [0, 0.05) is 13.1 Å². The van der Waals surface area contributed by atoms with E-state index in [0.29, 0.717) is 5.92 Å². The summed E-state index contributed by atoms with van der Waals surface area (Å²) in [7, 11) is 0. The molecule has 0 aliphatic carbocycles. The Morgan fingerprint density at radius 1 is 1.22 bits per heavy atom. The Balaban J connectivity index is 2.14. The number of likely N-dealkylation sites (tertiary alicyclic amines) is 1. The van der Waals surface area contributed by atoms with Crippen LogP contribution in [0.2, 0.25) is 0 Å². The van der Waals surface area contributed by atoms with E-state index in [1.165, 1.54) is 38.8 Å². The Bertz CT molecular complexity index is 235. The van der Waals surface area contributed by atoms with Crippen LogP contribution in [0.3, 0.4) is 0 Å². The van der Waals surface area contributed by atoms with Crippen LogP contribution in [-0.4, -0.2) is 43.0 Å². The summed E-state index contributed by atoms with van der Waals surface area (Å²) in [5.74, 6) is 0.467. The van der Waals surface area contributed by atoms with Gasteiger partial charge >= 0.3 is 0 Å². The minimum Gasteiger partial charge on any atom is -0.353 e. The first-order valence-electron chi connectivity index (χ1n) is 7.35. The third-order valence-corrected chi connectivity index (χ3v) is 3.49. The van der Waals surface area contributed by atoms with Crippen molar-refractivity contribution in [2.24, 2.45) is 11.7 Å². The van der Waals surface area contributed by atoms with Crippen molar-refractivity contribution in [2.75, 3.05) is 26.2 Å². The third kappa shape index (κ3) is 6.36. The Kier molecular flexibility index (Phi) is 7.28. The topological polar surface area (TPSA) is 58.4 Å². The lowest BCUT2D eigenvalue weighted by Gasteiger charge is -2.20. The Hall–Kier alpha value is -0.610. The van der Waals surface area contributed by atoms with Crippen molar-refractivity contribution in [1.82, 2.24) is 10.2 Å². The lowest BCUT2D eigenvalue weighted by molar-refractivity contribution is -0.122. The molecule has 1 rings (SSSR count). The van der Waals surface area contributed by atoms with Gasteiger partial charge in [0.05, 0.1) is 6.04 Å². The monoisotopic (exact) mass is 255 g/mol. The summed E-state index contributed by atoms with van der Waals surface area (Å²) in [5.41, 5.74) is 5.84. The third-order valence-electron chi connectivity index (χ3n) is 3.49. The zero-order valence-electron chi connectivity index (χ0n) is 12.0. The molecule has 3 N–H and O–H groups in total. The van der Waals surface area contributed by atoms with E-state index in [1.54, 1.807) is 0 Å². The summed E-state index contributed by atoms with van der Waals surface area (Å²) < 4.78 is 0. The van der Waals surface area contributed by atoms with E-state index in [-0.39, 0.29) is 11.9 Å². The number of rotatable bonds is 6. The fourth-order valence-corrected chi connectivity index (χ4v) is 2.44. The SMILES string of the molecule is CC(C)CC(N)C(=O)NCCN1CCCCCC1. The number of amides is 1. The average molecular weight is 255 g/mol. The highest BCUT2D eigenvalue weighted by Crippen LogP contribution is 2.08. The van der Waals surface area contributed by atoms with E-state index in [2.05, 4.69) is 24.1 Å². The Labute approximate surface area is 111 Å². The average Bonchev–Trinajstić information content (AvgIpc) is 2.56. The molecule has 0 radical (unpaired) electrons. The number of nitrogens with one attached hydrogen (secondary N) is 1. The first-order chi connectivity index (χ1) is 8.59. The molecular formula is C14H29N3O. The molecule has 4 heteroatoms. The molecule has 1 unspecified atom stereocenters. The van der Waals surface area contributed by atoms with Gasteiger partial charge in [-0.3, -0.25) is 4.79 Å². The first kappa shape index (κ1) is 15.4. The highest BCUT2D eigenvalue weighted by Gasteiger charge is 2.15. The first-order valence-corrected chi connectivity index (χ1v) is 7.35. The van der Waals surface area contributed by atoms with Gasteiger partial charge in [-0.1, -0.05) is 26.7 Å². The maximum atomic E-state index is 11.7. The summed E-state index contributed by atoms with van der Waals surface area (Å²) in [6, 6.07) is -0.353. The smallest absolute Gasteiger partial charge is 0.236 e. The van der Waals surface area contributed by atoms with Gasteiger partial charge < -0.3 is 16.0 Å². The van der Waals surface area contributed by atoms with Gasteiger partial charge in [0.25, 0.3) is 0 Å². The predicted octanol–water partition coefficient (Wildman–Crippen LogP) is 1.35. The van der Waals surface area contributed by atoms with Crippen molar-refractivity contribution in [1.29, 1.82) is 0 Å². The lowest BCUT2D eigenvalue weighted by atomic mass is 10.0. The van der Waals surface area contributed by atoms with Gasteiger partial charge in [-0.2, -0.15) is 0 Å². The van der Waals surface area contributed by atoms with E-state index in [1.807, 2.05) is 0 Å². The molecule has 1 amide bonds. The van der Waals surface area contributed by atoms with Gasteiger partial charge in [0.1, 0.15) is 0 Å². The fourth-order valence-electron chi connectivity index (χ4n) is 2.44. The number of nitrogens with zero attached hydrogens (tertiary/aromatic N) is 1. The van der Waals surface area contributed by atoms with Crippen molar-refractivity contribution in [3.05, 3.63) is 0 Å². The number of carbonyl (C=O) groups is 1. The summed E-state index contributed by atoms with van der Waals surface area (Å²) in [5, 5.41) is 2.95. The van der Waals surface area contributed by atoms with Crippen LogP contribution in [0.5, 0.6) is 0 Å². The molecule has 1 saturated heterocycles. The minimum atomic E-state index is -0.353. The molecule has 0 bridgehead atoms. The second kappa shape index (κ2) is 8.48. The number of hydrogen-bond donors (Lipinski definition) is 2. The van der Waals surface area contributed by atoms with Crippen LogP contribution in [0.4, 0.5) is 0 Å². The number of hydrogen-bond acceptors (Lipinski definition) is 3. The molecule has 106 valence electrons. The molecule has 0 aromatic carbocycles. The molecule has 1 aliphatic heterocycles. The van der Waals surface area contributed by atoms with Crippen LogP contribution >= 0.6 is 0 Å². The summed E-state index contributed by atoms with van der Waals surface area (Å²) in [6.07, 6.45) is 6.04. The normalized spacial score (nSPS) is 19.6. The number of nitrogens with two attached hydrogens (primary N) is 1. The molecule has 4 nitrogen and oxygen atoms in total. The standard InChI is InChI=1S/C14H29N3O/c1-12(2)11-13(15)14(18)16-7-10-17-8-5-3-4-6-9-17/h12-13H,3-11,15H2,1-2H3,(H,16,18). The van der Waals surface area contributed by atoms with Crippen molar-refractivity contribution < 1.29 is 4.79 Å². The molecule has 0 aromatic rings. The molecule has 0 spiro atoms. The number of carbonyl (C=O) groups excluding carboxylic acids is 1. The fraction of sp³-hybridized carbons (Fsp3) is 0.929. The van der Waals surface area contributed by atoms with Crippen LogP contribution in [0.25, 0.3) is 0 Å². The predicted molar refractivity (Wildman–Crippen MR) is 75.3 cm³/mol. The van der Waals surface area contributed by atoms with Crippen molar-refractivity contribution >= 4 is 5.91 Å². The molecule has 1 atom stereocenters. The zero-order valence-corrected chi connectivity index (χ0v) is 12.0. The molecule has 1 aliphatic rings. The maximum Gasteiger partial charge on any atom is 0.236 e. The largest absolute Gasteiger partial charge is 0.353 e. The second-order valence-electron chi connectivity index (χ2n) is 5.78. The molecule has 1 fully saturated rings. The van der Waals surface area contributed by atoms with Crippen molar-refractivity contribution in [3.8, 4) is 0 Å². The highest BCUT2D eigenvalue weighted by molar-refractivity contribution is 5.81. The molecular weight excluding hydrogens is 226 g/mol. The van der Waals surface area contributed by atoms with Crippen LogP contribution < -0.4 is 11.1 Å². The van der Waals surface area contributed by atoms with Crippen LogP contribution in [-0.2, 0) is 4.79 Å². The van der Waals surface area contributed by atoms with Gasteiger partial charge in [-0.25, -0.2) is 0 Å². The molecule has 0 saturated carbocycles. The van der Waals surface area contributed by atoms with Gasteiger partial charge in [-0.15, -0.1) is 0 Å². The lowest BCUT2D eigenvalue weighted by Crippen LogP contribution is -2.44. The Morgan fingerprint density at radius 2 is 1.83 bits per heavy atom. The molecule has 18 heavy (non-hydrogen) atoms. The highest BCUT2D eigenvalue weighted by atomic mass is 16.2. The van der Waals surface area contributed by atoms with Gasteiger partial charge in [-0.05, 0) is 38.3 Å². The van der Waals surface area contributed by atoms with E-state index >= 15 is 0 Å². The van der Waals surface area contributed by atoms with E-state index < -0.39 is 0 Å². The van der Waals surface area contributed by atoms with E-state index in [4.69, 9.17) is 5.73 Å². The second-order valence-corrected chi connectivity index (χ2v) is 5.78.